The molecule has 26 heavy (non-hydrogen) atoms. The highest BCUT2D eigenvalue weighted by Gasteiger charge is 2.18. The van der Waals surface area contributed by atoms with E-state index in [4.69, 9.17) is 4.74 Å². The van der Waals surface area contributed by atoms with Gasteiger partial charge in [0, 0.05) is 51.8 Å². The number of aromatic nitrogens is 3. The third kappa shape index (κ3) is 6.21. The van der Waals surface area contributed by atoms with Gasteiger partial charge >= 0.3 is 0 Å². The first-order valence-corrected chi connectivity index (χ1v) is 8.32. The van der Waals surface area contributed by atoms with Crippen LogP contribution in [0.1, 0.15) is 28.2 Å². The van der Waals surface area contributed by atoms with Crippen LogP contribution in [0.25, 0.3) is 0 Å². The van der Waals surface area contributed by atoms with E-state index < -0.39 is 0 Å². The second-order valence-electron chi connectivity index (χ2n) is 5.72. The van der Waals surface area contributed by atoms with E-state index in [1.165, 1.54) is 6.20 Å². The largest absolute Gasteiger partial charge is 0.383 e. The maximum Gasteiger partial charge on any atom is 0.274 e. The number of hydrogen-bond donors (Lipinski definition) is 1. The van der Waals surface area contributed by atoms with Crippen molar-refractivity contribution in [3.8, 4) is 0 Å². The number of pyridine rings is 1. The van der Waals surface area contributed by atoms with Crippen molar-refractivity contribution in [1.29, 1.82) is 0 Å². The summed E-state index contributed by atoms with van der Waals surface area (Å²) in [5.41, 5.74) is 1.91. The number of aryl methyl sites for hydroxylation is 1. The summed E-state index contributed by atoms with van der Waals surface area (Å²) in [7, 11) is 1.56. The van der Waals surface area contributed by atoms with E-state index in [1.54, 1.807) is 37.5 Å². The molecule has 0 radical (unpaired) electrons. The minimum Gasteiger partial charge on any atom is -0.383 e. The van der Waals surface area contributed by atoms with Crippen LogP contribution in [-0.4, -0.2) is 58.5 Å². The molecule has 2 amide bonds. The minimum atomic E-state index is -0.269. The Balaban J connectivity index is 1.89. The number of carbonyl (C=O) groups excluding carboxylic acids is 2. The molecule has 0 bridgehead atoms. The number of nitrogens with zero attached hydrogens (tertiary/aromatic N) is 4. The summed E-state index contributed by atoms with van der Waals surface area (Å²) < 4.78 is 5.05. The number of ether oxygens (including phenoxy) is 1. The van der Waals surface area contributed by atoms with Crippen molar-refractivity contribution in [2.75, 3.05) is 26.8 Å². The van der Waals surface area contributed by atoms with Crippen LogP contribution in [0, 0.1) is 6.92 Å². The van der Waals surface area contributed by atoms with Gasteiger partial charge in [0.15, 0.2) is 0 Å². The van der Waals surface area contributed by atoms with E-state index >= 15 is 0 Å². The second-order valence-corrected chi connectivity index (χ2v) is 5.72. The maximum absolute atomic E-state index is 12.6. The van der Waals surface area contributed by atoms with Crippen molar-refractivity contribution < 1.29 is 14.3 Å². The summed E-state index contributed by atoms with van der Waals surface area (Å²) in [6.07, 6.45) is 6.56. The van der Waals surface area contributed by atoms with E-state index in [1.807, 2.05) is 12.1 Å². The van der Waals surface area contributed by atoms with Crippen LogP contribution in [-0.2, 0) is 16.1 Å². The molecule has 0 aliphatic carbocycles. The summed E-state index contributed by atoms with van der Waals surface area (Å²) in [4.78, 5) is 38.4. The molecule has 0 atom stereocenters. The monoisotopic (exact) mass is 357 g/mol. The molecule has 0 fully saturated rings. The fourth-order valence-electron chi connectivity index (χ4n) is 2.21. The van der Waals surface area contributed by atoms with Gasteiger partial charge in [0.1, 0.15) is 5.69 Å². The summed E-state index contributed by atoms with van der Waals surface area (Å²) in [6.45, 7) is 3.23. The van der Waals surface area contributed by atoms with Gasteiger partial charge in [0.05, 0.1) is 18.5 Å². The zero-order valence-electron chi connectivity index (χ0n) is 15.0. The van der Waals surface area contributed by atoms with Gasteiger partial charge in [-0.2, -0.15) is 0 Å². The molecule has 0 aromatic carbocycles. The van der Waals surface area contributed by atoms with Crippen molar-refractivity contribution in [2.45, 2.75) is 19.9 Å². The number of nitrogens with one attached hydrogen (secondary N) is 1. The lowest BCUT2D eigenvalue weighted by Crippen LogP contribution is -2.37. The first kappa shape index (κ1) is 19.5. The summed E-state index contributed by atoms with van der Waals surface area (Å²) in [5.74, 6) is -0.409. The smallest absolute Gasteiger partial charge is 0.274 e. The van der Waals surface area contributed by atoms with Gasteiger partial charge in [-0.3, -0.25) is 19.6 Å². The Morgan fingerprint density at radius 3 is 2.69 bits per heavy atom. The Labute approximate surface area is 152 Å². The lowest BCUT2D eigenvalue weighted by atomic mass is 10.2. The van der Waals surface area contributed by atoms with Crippen molar-refractivity contribution in [3.63, 3.8) is 0 Å². The molecule has 0 saturated carbocycles. The van der Waals surface area contributed by atoms with Gasteiger partial charge in [-0.25, -0.2) is 4.98 Å². The van der Waals surface area contributed by atoms with Gasteiger partial charge in [-0.05, 0) is 18.6 Å². The molecule has 8 heteroatoms. The predicted molar refractivity (Wildman–Crippen MR) is 95.2 cm³/mol. The molecule has 2 aromatic heterocycles. The fraction of sp³-hybridized carbons (Fsp3) is 0.389. The average Bonchev–Trinajstić information content (AvgIpc) is 2.67. The van der Waals surface area contributed by atoms with Crippen LogP contribution in [0.2, 0.25) is 0 Å². The Morgan fingerprint density at radius 2 is 2.04 bits per heavy atom. The lowest BCUT2D eigenvalue weighted by Gasteiger charge is -2.21. The Bertz CT molecular complexity index is 707. The molecule has 0 unspecified atom stereocenters. The number of hydrogen-bond acceptors (Lipinski definition) is 6. The standard InChI is InChI=1S/C18H23N5O3/c1-14-10-21-16(13-20-14)18(25)23(8-9-26-2)7-5-17(24)22-12-15-4-3-6-19-11-15/h3-4,6,10-11,13H,5,7-9,12H2,1-2H3,(H,22,24). The Kier molecular flexibility index (Phi) is 7.63. The molecular formula is C18H23N5O3. The fourth-order valence-corrected chi connectivity index (χ4v) is 2.21. The molecule has 2 heterocycles. The van der Waals surface area contributed by atoms with Gasteiger partial charge in [0.25, 0.3) is 5.91 Å². The maximum atomic E-state index is 12.6. The number of rotatable bonds is 9. The highest BCUT2D eigenvalue weighted by Crippen LogP contribution is 2.03. The molecule has 2 rings (SSSR count). The third-order valence-electron chi connectivity index (χ3n) is 3.67. The summed E-state index contributed by atoms with van der Waals surface area (Å²) >= 11 is 0. The summed E-state index contributed by atoms with van der Waals surface area (Å²) in [6, 6.07) is 3.70. The van der Waals surface area contributed by atoms with E-state index in [2.05, 4.69) is 20.3 Å². The third-order valence-corrected chi connectivity index (χ3v) is 3.67. The van der Waals surface area contributed by atoms with Crippen LogP contribution < -0.4 is 5.32 Å². The lowest BCUT2D eigenvalue weighted by molar-refractivity contribution is -0.121. The number of carbonyl (C=O) groups is 2. The molecule has 2 aromatic rings. The quantitative estimate of drug-likeness (QED) is 0.718. The second kappa shape index (κ2) is 10.2. The SMILES string of the molecule is COCCN(CCC(=O)NCc1cccnc1)C(=O)c1cnc(C)cn1. The molecule has 0 saturated heterocycles. The van der Waals surface area contributed by atoms with Gasteiger partial charge in [-0.15, -0.1) is 0 Å². The first-order valence-electron chi connectivity index (χ1n) is 8.32. The zero-order chi connectivity index (χ0) is 18.8. The molecular weight excluding hydrogens is 334 g/mol. The van der Waals surface area contributed by atoms with Crippen LogP contribution in [0.3, 0.4) is 0 Å². The van der Waals surface area contributed by atoms with E-state index in [9.17, 15) is 9.59 Å². The van der Waals surface area contributed by atoms with Crippen LogP contribution in [0.15, 0.2) is 36.9 Å². The average molecular weight is 357 g/mol. The summed E-state index contributed by atoms with van der Waals surface area (Å²) in [5, 5.41) is 2.82. The zero-order valence-corrected chi connectivity index (χ0v) is 15.0. The minimum absolute atomic E-state index is 0.140. The Hall–Kier alpha value is -2.87. The highest BCUT2D eigenvalue weighted by molar-refractivity contribution is 5.92. The van der Waals surface area contributed by atoms with E-state index in [-0.39, 0.29) is 30.5 Å². The highest BCUT2D eigenvalue weighted by atomic mass is 16.5. The molecule has 0 aliphatic heterocycles. The van der Waals surface area contributed by atoms with Crippen LogP contribution in [0.4, 0.5) is 0 Å². The molecule has 0 aliphatic rings. The van der Waals surface area contributed by atoms with Crippen LogP contribution in [0.5, 0.6) is 0 Å². The van der Waals surface area contributed by atoms with E-state index in [0.717, 1.165) is 11.3 Å². The normalized spacial score (nSPS) is 10.4. The molecule has 0 spiro atoms. The van der Waals surface area contributed by atoms with Crippen molar-refractivity contribution in [1.82, 2.24) is 25.2 Å². The van der Waals surface area contributed by atoms with Gasteiger partial charge in [-0.1, -0.05) is 6.07 Å². The van der Waals surface area contributed by atoms with E-state index in [0.29, 0.717) is 19.7 Å². The number of methoxy groups -OCH3 is 1. The molecule has 1 N–H and O–H groups in total. The number of amides is 2. The molecule has 138 valence electrons. The first-order chi connectivity index (χ1) is 12.6. The van der Waals surface area contributed by atoms with Gasteiger partial charge in [0.2, 0.25) is 5.91 Å². The van der Waals surface area contributed by atoms with Crippen molar-refractivity contribution in [2.24, 2.45) is 0 Å². The Morgan fingerprint density at radius 1 is 1.19 bits per heavy atom. The van der Waals surface area contributed by atoms with Crippen LogP contribution >= 0.6 is 0 Å². The van der Waals surface area contributed by atoms with Crippen molar-refractivity contribution in [3.05, 3.63) is 53.9 Å². The van der Waals surface area contributed by atoms with Gasteiger partial charge < -0.3 is 15.0 Å². The predicted octanol–water partition coefficient (Wildman–Crippen LogP) is 0.975. The topological polar surface area (TPSA) is 97.3 Å². The molecule has 8 nitrogen and oxygen atoms in total. The van der Waals surface area contributed by atoms with Crippen molar-refractivity contribution >= 4 is 11.8 Å².